The third-order valence-corrected chi connectivity index (χ3v) is 4.92. The molecule has 0 radical (unpaired) electrons. The predicted molar refractivity (Wildman–Crippen MR) is 67.9 cm³/mol. The van der Waals surface area contributed by atoms with Gasteiger partial charge in [-0.2, -0.15) is 0 Å². The summed E-state index contributed by atoms with van der Waals surface area (Å²) in [5.74, 6) is 3.15. The first-order valence-electron chi connectivity index (χ1n) is 6.84. The zero-order valence-corrected chi connectivity index (χ0v) is 10.1. The molecule has 0 heterocycles. The number of hydrogen-bond acceptors (Lipinski definition) is 1. The van der Waals surface area contributed by atoms with Gasteiger partial charge in [0.15, 0.2) is 0 Å². The Labute approximate surface area is 98.8 Å². The van der Waals surface area contributed by atoms with Crippen molar-refractivity contribution >= 4 is 0 Å². The van der Waals surface area contributed by atoms with Crippen molar-refractivity contribution in [2.75, 3.05) is 6.54 Å². The summed E-state index contributed by atoms with van der Waals surface area (Å²) in [6.45, 7) is 0.658. The molecule has 88 valence electrons. The monoisotopic (exact) mass is 217 g/mol. The molecule has 4 bridgehead atoms. The summed E-state index contributed by atoms with van der Waals surface area (Å²) in [6.07, 6.45) is 17.9. The smallest absolute Gasteiger partial charge is 0.0109 e. The molecular formula is C15H23N. The molecule has 4 fully saturated rings. The highest BCUT2D eigenvalue weighted by atomic mass is 14.5. The molecule has 1 heteroatoms. The molecule has 0 unspecified atom stereocenters. The van der Waals surface area contributed by atoms with Crippen LogP contribution in [0.4, 0.5) is 0 Å². The summed E-state index contributed by atoms with van der Waals surface area (Å²) in [5.41, 5.74) is 6.03. The predicted octanol–water partition coefficient (Wildman–Crippen LogP) is 3.27. The first-order chi connectivity index (χ1) is 7.80. The molecule has 0 atom stereocenters. The maximum atomic E-state index is 5.45. The average Bonchev–Trinajstić information content (AvgIpc) is 2.22. The lowest BCUT2D eigenvalue weighted by molar-refractivity contribution is -0.0237. The van der Waals surface area contributed by atoms with Gasteiger partial charge in [0.05, 0.1) is 0 Å². The third kappa shape index (κ3) is 1.86. The van der Waals surface area contributed by atoms with E-state index in [1.807, 2.05) is 6.08 Å². The second-order valence-electron chi connectivity index (χ2n) is 6.30. The van der Waals surface area contributed by atoms with Crippen molar-refractivity contribution in [2.45, 2.75) is 38.5 Å². The fourth-order valence-corrected chi connectivity index (χ4v) is 4.80. The van der Waals surface area contributed by atoms with Gasteiger partial charge < -0.3 is 5.73 Å². The second kappa shape index (κ2) is 4.03. The van der Waals surface area contributed by atoms with Crippen LogP contribution in [0.3, 0.4) is 0 Å². The molecule has 16 heavy (non-hydrogen) atoms. The van der Waals surface area contributed by atoms with Crippen molar-refractivity contribution in [2.24, 2.45) is 28.9 Å². The SMILES string of the molecule is NC/C=C/C=C/C12CC3CC(CC(C3)C1)C2. The molecule has 0 aromatic heterocycles. The van der Waals surface area contributed by atoms with Gasteiger partial charge in [0.25, 0.3) is 0 Å². The van der Waals surface area contributed by atoms with E-state index in [9.17, 15) is 0 Å². The number of hydrogen-bond donors (Lipinski definition) is 1. The lowest BCUT2D eigenvalue weighted by atomic mass is 9.49. The molecule has 0 aromatic rings. The quantitative estimate of drug-likeness (QED) is 0.721. The molecule has 0 aliphatic heterocycles. The first-order valence-corrected chi connectivity index (χ1v) is 6.84. The van der Waals surface area contributed by atoms with Crippen LogP contribution in [0, 0.1) is 23.2 Å². The van der Waals surface area contributed by atoms with E-state index in [0.29, 0.717) is 12.0 Å². The molecule has 4 rings (SSSR count). The lowest BCUT2D eigenvalue weighted by Gasteiger charge is -2.55. The molecule has 0 spiro atoms. The summed E-state index contributed by atoms with van der Waals surface area (Å²) < 4.78 is 0. The van der Waals surface area contributed by atoms with Crippen LogP contribution < -0.4 is 5.73 Å². The molecule has 4 aliphatic rings. The van der Waals surface area contributed by atoms with E-state index in [0.717, 1.165) is 17.8 Å². The van der Waals surface area contributed by atoms with Crippen molar-refractivity contribution in [1.82, 2.24) is 0 Å². The van der Waals surface area contributed by atoms with Crippen LogP contribution in [-0.2, 0) is 0 Å². The van der Waals surface area contributed by atoms with Gasteiger partial charge in [0, 0.05) is 6.54 Å². The van der Waals surface area contributed by atoms with Gasteiger partial charge in [-0.1, -0.05) is 24.3 Å². The highest BCUT2D eigenvalue weighted by Gasteiger charge is 2.49. The molecule has 4 aliphatic carbocycles. The fraction of sp³-hybridized carbons (Fsp3) is 0.733. The standard InChI is InChI=1S/C15H23N/c16-5-3-1-2-4-15-9-12-6-13(10-15)8-14(7-12)11-15/h1-4,12-14H,5-11,16H2/b3-1+,4-2+. The van der Waals surface area contributed by atoms with Gasteiger partial charge >= 0.3 is 0 Å². The minimum atomic E-state index is 0.577. The van der Waals surface area contributed by atoms with E-state index in [-0.39, 0.29) is 0 Å². The first kappa shape index (κ1) is 10.6. The van der Waals surface area contributed by atoms with Gasteiger partial charge in [0.2, 0.25) is 0 Å². The maximum Gasteiger partial charge on any atom is 0.0109 e. The highest BCUT2D eigenvalue weighted by molar-refractivity contribution is 5.15. The summed E-state index contributed by atoms with van der Waals surface area (Å²) in [7, 11) is 0. The van der Waals surface area contributed by atoms with Crippen molar-refractivity contribution in [3.8, 4) is 0 Å². The van der Waals surface area contributed by atoms with E-state index in [1.165, 1.54) is 38.5 Å². The summed E-state index contributed by atoms with van der Waals surface area (Å²) >= 11 is 0. The largest absolute Gasteiger partial charge is 0.327 e. The van der Waals surface area contributed by atoms with Crippen molar-refractivity contribution in [3.63, 3.8) is 0 Å². The Kier molecular flexibility index (Phi) is 2.67. The normalized spacial score (nSPS) is 46.2. The van der Waals surface area contributed by atoms with Crippen LogP contribution in [0.5, 0.6) is 0 Å². The van der Waals surface area contributed by atoms with Crippen LogP contribution in [-0.4, -0.2) is 6.54 Å². The maximum absolute atomic E-state index is 5.45. The van der Waals surface area contributed by atoms with Crippen LogP contribution in [0.2, 0.25) is 0 Å². The van der Waals surface area contributed by atoms with E-state index in [1.54, 1.807) is 0 Å². The van der Waals surface area contributed by atoms with E-state index in [4.69, 9.17) is 5.73 Å². The molecular weight excluding hydrogens is 194 g/mol. The number of rotatable bonds is 3. The average molecular weight is 217 g/mol. The third-order valence-electron chi connectivity index (χ3n) is 4.92. The Morgan fingerprint density at radius 2 is 1.50 bits per heavy atom. The van der Waals surface area contributed by atoms with Gasteiger partial charge in [0.1, 0.15) is 0 Å². The fourth-order valence-electron chi connectivity index (χ4n) is 4.80. The number of nitrogens with two attached hydrogens (primary N) is 1. The van der Waals surface area contributed by atoms with Crippen molar-refractivity contribution < 1.29 is 0 Å². The zero-order chi connectivity index (χ0) is 11.0. The van der Waals surface area contributed by atoms with Crippen molar-refractivity contribution in [1.29, 1.82) is 0 Å². The number of allylic oxidation sites excluding steroid dienone is 3. The van der Waals surface area contributed by atoms with Gasteiger partial charge in [-0.3, -0.25) is 0 Å². The van der Waals surface area contributed by atoms with E-state index >= 15 is 0 Å². The zero-order valence-electron chi connectivity index (χ0n) is 10.1. The van der Waals surface area contributed by atoms with Gasteiger partial charge in [-0.15, -0.1) is 0 Å². The van der Waals surface area contributed by atoms with E-state index in [2.05, 4.69) is 18.2 Å². The molecule has 0 saturated heterocycles. The van der Waals surface area contributed by atoms with Crippen LogP contribution in [0.25, 0.3) is 0 Å². The lowest BCUT2D eigenvalue weighted by Crippen LogP contribution is -2.44. The van der Waals surface area contributed by atoms with Gasteiger partial charge in [-0.25, -0.2) is 0 Å². The Balaban J connectivity index is 1.73. The molecule has 2 N–H and O–H groups in total. The Hall–Kier alpha value is -0.560. The minimum absolute atomic E-state index is 0.577. The minimum Gasteiger partial charge on any atom is -0.327 e. The second-order valence-corrected chi connectivity index (χ2v) is 6.30. The summed E-state index contributed by atoms with van der Waals surface area (Å²) in [5, 5.41) is 0. The summed E-state index contributed by atoms with van der Waals surface area (Å²) in [4.78, 5) is 0. The molecule has 0 amide bonds. The highest BCUT2D eigenvalue weighted by Crippen LogP contribution is 2.60. The Morgan fingerprint density at radius 1 is 0.938 bits per heavy atom. The topological polar surface area (TPSA) is 26.0 Å². The molecule has 0 aromatic carbocycles. The van der Waals surface area contributed by atoms with E-state index < -0.39 is 0 Å². The molecule has 1 nitrogen and oxygen atoms in total. The van der Waals surface area contributed by atoms with Crippen LogP contribution in [0.15, 0.2) is 24.3 Å². The van der Waals surface area contributed by atoms with Crippen molar-refractivity contribution in [3.05, 3.63) is 24.3 Å². The Morgan fingerprint density at radius 3 is 2.00 bits per heavy atom. The molecule has 4 saturated carbocycles. The Bertz CT molecular complexity index is 278. The van der Waals surface area contributed by atoms with Gasteiger partial charge in [-0.05, 0) is 61.7 Å². The van der Waals surface area contributed by atoms with Crippen LogP contribution in [0.1, 0.15) is 38.5 Å². The summed E-state index contributed by atoms with van der Waals surface area (Å²) in [6, 6.07) is 0. The van der Waals surface area contributed by atoms with Crippen LogP contribution >= 0.6 is 0 Å².